The van der Waals surface area contributed by atoms with Crippen LogP contribution in [0.4, 0.5) is 5.13 Å². The summed E-state index contributed by atoms with van der Waals surface area (Å²) in [6.45, 7) is 2.06. The van der Waals surface area contributed by atoms with Gasteiger partial charge in [-0.25, -0.2) is 4.98 Å². The van der Waals surface area contributed by atoms with E-state index in [1.165, 1.54) is 22.5 Å². The number of halogens is 1. The van der Waals surface area contributed by atoms with Crippen LogP contribution in [0.25, 0.3) is 16.0 Å². The molecule has 160 valence electrons. The normalized spacial score (nSPS) is 18.1. The molecule has 0 radical (unpaired) electrons. The van der Waals surface area contributed by atoms with Crippen LogP contribution in [0.3, 0.4) is 0 Å². The Morgan fingerprint density at radius 1 is 1.19 bits per heavy atom. The van der Waals surface area contributed by atoms with Crippen molar-refractivity contribution in [1.29, 1.82) is 0 Å². The van der Waals surface area contributed by atoms with Crippen LogP contribution in [0.5, 0.6) is 0 Å². The van der Waals surface area contributed by atoms with Gasteiger partial charge in [0, 0.05) is 10.6 Å². The number of hydrogen-bond donors (Lipinski definition) is 1. The fraction of sp³-hybridized carbons (Fsp3) is 0.125. The third kappa shape index (κ3) is 3.30. The molecule has 0 saturated carbocycles. The molecule has 0 aliphatic carbocycles. The second-order valence-electron chi connectivity index (χ2n) is 7.34. The van der Waals surface area contributed by atoms with Gasteiger partial charge in [0.15, 0.2) is 5.13 Å². The van der Waals surface area contributed by atoms with Crippen molar-refractivity contribution < 1.29 is 19.1 Å². The first-order chi connectivity index (χ1) is 15.5. The highest BCUT2D eigenvalue weighted by atomic mass is 35.5. The molecule has 5 rings (SSSR count). The minimum atomic E-state index is -0.938. The molecule has 1 aliphatic heterocycles. The van der Waals surface area contributed by atoms with Crippen LogP contribution in [0.2, 0.25) is 5.02 Å². The average molecular weight is 465 g/mol. The van der Waals surface area contributed by atoms with Gasteiger partial charge in [0.2, 0.25) is 0 Å². The highest BCUT2D eigenvalue weighted by Gasteiger charge is 2.49. The van der Waals surface area contributed by atoms with E-state index in [1.54, 1.807) is 36.4 Å². The summed E-state index contributed by atoms with van der Waals surface area (Å²) in [6, 6.07) is 14.7. The molecule has 8 heteroatoms. The Kier molecular flexibility index (Phi) is 5.07. The number of aryl methyl sites for hydroxylation is 1. The number of fused-ring (bicyclic) bond motifs is 1. The maximum Gasteiger partial charge on any atom is 0.302 e. The predicted octanol–water partition coefficient (Wildman–Crippen LogP) is 5.73. The Bertz CT molecular complexity index is 1370. The number of thiazole rings is 1. The van der Waals surface area contributed by atoms with Crippen molar-refractivity contribution in [3.05, 3.63) is 88.3 Å². The highest BCUT2D eigenvalue weighted by Crippen LogP contribution is 2.44. The number of rotatable bonds is 4. The van der Waals surface area contributed by atoms with Crippen molar-refractivity contribution in [1.82, 2.24) is 4.98 Å². The number of carbonyl (C=O) groups excluding carboxylic acids is 2. The van der Waals surface area contributed by atoms with E-state index in [-0.39, 0.29) is 11.3 Å². The minimum absolute atomic E-state index is 0.0548. The average Bonchev–Trinajstić information content (AvgIpc) is 3.52. The number of aliphatic hydroxyl groups excluding tert-OH is 1. The molecule has 1 atom stereocenters. The van der Waals surface area contributed by atoms with Gasteiger partial charge in [-0.15, -0.1) is 0 Å². The summed E-state index contributed by atoms with van der Waals surface area (Å²) >= 11 is 7.27. The van der Waals surface area contributed by atoms with Crippen LogP contribution in [0, 0.1) is 0 Å². The van der Waals surface area contributed by atoms with Gasteiger partial charge in [0.05, 0.1) is 22.1 Å². The summed E-state index contributed by atoms with van der Waals surface area (Å²) < 4.78 is 6.49. The molecule has 0 spiro atoms. The first-order valence-corrected chi connectivity index (χ1v) is 11.2. The number of amides is 1. The van der Waals surface area contributed by atoms with Crippen LogP contribution in [0.15, 0.2) is 70.9 Å². The standard InChI is InChI=1S/C24H17ClN2O4S/c1-2-13-5-10-16-18(12-13)32-24(26-16)27-20(17-4-3-11-31-17)19(22(29)23(27)30)21(28)14-6-8-15(25)9-7-14/h3-12,20,28H,2H2,1H3/t20-/m0/s1. The zero-order chi connectivity index (χ0) is 22.4. The monoisotopic (exact) mass is 464 g/mol. The van der Waals surface area contributed by atoms with E-state index in [9.17, 15) is 14.7 Å². The van der Waals surface area contributed by atoms with Gasteiger partial charge in [0.25, 0.3) is 5.78 Å². The molecule has 1 aliphatic rings. The fourth-order valence-corrected chi connectivity index (χ4v) is 4.97. The molecule has 3 heterocycles. The molecule has 1 amide bonds. The lowest BCUT2D eigenvalue weighted by Gasteiger charge is -2.20. The highest BCUT2D eigenvalue weighted by molar-refractivity contribution is 7.22. The molecule has 6 nitrogen and oxygen atoms in total. The van der Waals surface area contributed by atoms with Gasteiger partial charge < -0.3 is 9.52 Å². The number of furan rings is 1. The van der Waals surface area contributed by atoms with Crippen LogP contribution in [-0.4, -0.2) is 21.8 Å². The molecule has 4 aromatic rings. The Labute approximate surface area is 192 Å². The Morgan fingerprint density at radius 3 is 2.66 bits per heavy atom. The Hall–Kier alpha value is -3.42. The number of Topliss-reactive ketones (excluding diaryl/α,β-unsaturated/α-hetero) is 1. The Balaban J connectivity index is 1.69. The number of nitrogens with zero attached hydrogens (tertiary/aromatic N) is 2. The van der Waals surface area contributed by atoms with Gasteiger partial charge in [-0.3, -0.25) is 14.5 Å². The van der Waals surface area contributed by atoms with Crippen molar-refractivity contribution >= 4 is 55.7 Å². The number of aliphatic hydroxyl groups is 1. The number of ketones is 1. The molecule has 1 N–H and O–H groups in total. The molecule has 2 aromatic heterocycles. The number of benzene rings is 2. The third-order valence-electron chi connectivity index (χ3n) is 5.43. The summed E-state index contributed by atoms with van der Waals surface area (Å²) in [5, 5.41) is 11.9. The molecule has 2 aromatic carbocycles. The Morgan fingerprint density at radius 2 is 1.97 bits per heavy atom. The zero-order valence-corrected chi connectivity index (χ0v) is 18.5. The van der Waals surface area contributed by atoms with E-state index < -0.39 is 17.7 Å². The first-order valence-electron chi connectivity index (χ1n) is 9.97. The van der Waals surface area contributed by atoms with E-state index in [0.29, 0.717) is 21.5 Å². The van der Waals surface area contributed by atoms with Crippen molar-refractivity contribution in [2.75, 3.05) is 4.90 Å². The summed E-state index contributed by atoms with van der Waals surface area (Å²) in [5.41, 5.74) is 2.21. The van der Waals surface area contributed by atoms with E-state index in [1.807, 2.05) is 18.2 Å². The number of anilines is 1. The van der Waals surface area contributed by atoms with Gasteiger partial charge >= 0.3 is 5.91 Å². The lowest BCUT2D eigenvalue weighted by molar-refractivity contribution is -0.132. The maximum atomic E-state index is 13.1. The van der Waals surface area contributed by atoms with E-state index >= 15 is 0 Å². The van der Waals surface area contributed by atoms with Gasteiger partial charge in [-0.05, 0) is 60.5 Å². The molecular weight excluding hydrogens is 448 g/mol. The maximum absolute atomic E-state index is 13.1. The van der Waals surface area contributed by atoms with Crippen LogP contribution in [0.1, 0.15) is 29.9 Å². The second-order valence-corrected chi connectivity index (χ2v) is 8.79. The lowest BCUT2D eigenvalue weighted by atomic mass is 9.99. The van der Waals surface area contributed by atoms with Crippen molar-refractivity contribution in [3.63, 3.8) is 0 Å². The van der Waals surface area contributed by atoms with Crippen LogP contribution >= 0.6 is 22.9 Å². The summed E-state index contributed by atoms with van der Waals surface area (Å²) in [5.74, 6) is -1.50. The largest absolute Gasteiger partial charge is 0.507 e. The smallest absolute Gasteiger partial charge is 0.302 e. The van der Waals surface area contributed by atoms with Crippen LogP contribution < -0.4 is 4.90 Å². The number of carbonyl (C=O) groups is 2. The summed E-state index contributed by atoms with van der Waals surface area (Å²) in [4.78, 5) is 32.1. The number of hydrogen-bond acceptors (Lipinski definition) is 6. The zero-order valence-electron chi connectivity index (χ0n) is 16.9. The topological polar surface area (TPSA) is 83.6 Å². The van der Waals surface area contributed by atoms with Gasteiger partial charge in [-0.1, -0.05) is 35.9 Å². The van der Waals surface area contributed by atoms with Crippen LogP contribution in [-0.2, 0) is 16.0 Å². The quantitative estimate of drug-likeness (QED) is 0.237. The third-order valence-corrected chi connectivity index (χ3v) is 6.70. The van der Waals surface area contributed by atoms with Crippen molar-refractivity contribution in [3.8, 4) is 0 Å². The summed E-state index contributed by atoms with van der Waals surface area (Å²) in [7, 11) is 0. The van der Waals surface area contributed by atoms with E-state index in [4.69, 9.17) is 16.0 Å². The SMILES string of the molecule is CCc1ccc2nc(N3C(=O)C(=O)C(=C(O)c4ccc(Cl)cc4)[C@@H]3c3ccco3)sc2c1. The van der Waals surface area contributed by atoms with Crippen molar-refractivity contribution in [2.24, 2.45) is 0 Å². The minimum Gasteiger partial charge on any atom is -0.507 e. The molecule has 0 unspecified atom stereocenters. The molecule has 32 heavy (non-hydrogen) atoms. The second kappa shape index (κ2) is 7.93. The van der Waals surface area contributed by atoms with Crippen molar-refractivity contribution in [2.45, 2.75) is 19.4 Å². The fourth-order valence-electron chi connectivity index (χ4n) is 3.79. The molecule has 1 saturated heterocycles. The summed E-state index contributed by atoms with van der Waals surface area (Å²) in [6.07, 6.45) is 2.34. The lowest BCUT2D eigenvalue weighted by Crippen LogP contribution is -2.29. The molecule has 1 fully saturated rings. The first kappa shape index (κ1) is 20.5. The van der Waals surface area contributed by atoms with E-state index in [2.05, 4.69) is 11.9 Å². The number of aromatic nitrogens is 1. The molecular formula is C24H17ClN2O4S. The van der Waals surface area contributed by atoms with Gasteiger partial charge in [-0.2, -0.15) is 0 Å². The predicted molar refractivity (Wildman–Crippen MR) is 124 cm³/mol. The molecule has 0 bridgehead atoms. The van der Waals surface area contributed by atoms with E-state index in [0.717, 1.165) is 22.2 Å². The van der Waals surface area contributed by atoms with Gasteiger partial charge in [0.1, 0.15) is 17.6 Å².